The number of nitrogens with two attached hydrogens (primary N) is 1. The van der Waals surface area contributed by atoms with Gasteiger partial charge in [-0.05, 0) is 12.5 Å². The molecule has 9 heteroatoms. The molecule has 0 fully saturated rings. The summed E-state index contributed by atoms with van der Waals surface area (Å²) in [7, 11) is -3.60. The molecular weight excluding hydrogens is 304 g/mol. The minimum Gasteiger partial charge on any atom is -0.370 e. The van der Waals surface area contributed by atoms with Gasteiger partial charge in [0.15, 0.2) is 0 Å². The van der Waals surface area contributed by atoms with Crippen LogP contribution in [0.25, 0.3) is 0 Å². The number of nitrogens with one attached hydrogen (secondary N) is 2. The lowest BCUT2D eigenvalue weighted by atomic mass is 10.2. The van der Waals surface area contributed by atoms with Gasteiger partial charge < -0.3 is 10.6 Å². The minimum absolute atomic E-state index is 0.0754. The van der Waals surface area contributed by atoms with E-state index in [0.29, 0.717) is 5.82 Å². The third kappa shape index (κ3) is 5.72. The third-order valence-electron chi connectivity index (χ3n) is 2.33. The molecule has 7 nitrogen and oxygen atoms in total. The van der Waals surface area contributed by atoms with Gasteiger partial charge >= 0.3 is 0 Å². The molecule has 0 saturated carbocycles. The van der Waals surface area contributed by atoms with Crippen LogP contribution >= 0.6 is 11.6 Å². The number of amides is 1. The van der Waals surface area contributed by atoms with Crippen molar-refractivity contribution in [1.29, 1.82) is 0 Å². The lowest BCUT2D eigenvalue weighted by Gasteiger charge is -2.09. The van der Waals surface area contributed by atoms with Crippen molar-refractivity contribution >= 4 is 33.3 Å². The second-order valence-electron chi connectivity index (χ2n) is 4.10. The molecule has 0 spiro atoms. The van der Waals surface area contributed by atoms with Gasteiger partial charge in [0.25, 0.3) is 5.91 Å². The van der Waals surface area contributed by atoms with E-state index in [-0.39, 0.29) is 22.9 Å². The summed E-state index contributed by atoms with van der Waals surface area (Å²) >= 11 is 5.90. The topological polar surface area (TPSA) is 114 Å². The number of sulfonamides is 1. The Balaban J connectivity index is 2.71. The number of pyridine rings is 1. The van der Waals surface area contributed by atoms with Crippen LogP contribution in [0.3, 0.4) is 0 Å². The molecule has 0 radical (unpaired) electrons. The van der Waals surface area contributed by atoms with E-state index >= 15 is 0 Å². The van der Waals surface area contributed by atoms with Gasteiger partial charge in [-0.25, -0.2) is 18.5 Å². The maximum absolute atomic E-state index is 11.9. The number of hydrogen-bond donors (Lipinski definition) is 3. The van der Waals surface area contributed by atoms with Crippen LogP contribution in [0.1, 0.15) is 23.7 Å². The van der Waals surface area contributed by atoms with Gasteiger partial charge in [0.05, 0.1) is 16.3 Å². The Morgan fingerprint density at radius 2 is 2.15 bits per heavy atom. The van der Waals surface area contributed by atoms with Crippen molar-refractivity contribution in [3.8, 4) is 0 Å². The average molecular weight is 321 g/mol. The van der Waals surface area contributed by atoms with Gasteiger partial charge in [-0.1, -0.05) is 18.5 Å². The standard InChI is InChI=1S/C11H17ClN4O3S/c1-2-3-14-10-6-8(9(12)7-16-10)11(17)15-4-5-20(13,18)19/h6-7H,2-5H2,1H3,(H,14,16)(H,15,17)(H2,13,18,19). The second-order valence-corrected chi connectivity index (χ2v) is 6.24. The summed E-state index contributed by atoms with van der Waals surface area (Å²) in [5, 5.41) is 10.5. The highest BCUT2D eigenvalue weighted by Crippen LogP contribution is 2.17. The summed E-state index contributed by atoms with van der Waals surface area (Å²) < 4.78 is 21.5. The zero-order chi connectivity index (χ0) is 15.2. The van der Waals surface area contributed by atoms with Crippen LogP contribution in [0.5, 0.6) is 0 Å². The maximum Gasteiger partial charge on any atom is 0.253 e. The van der Waals surface area contributed by atoms with Gasteiger partial charge in [-0.2, -0.15) is 0 Å². The van der Waals surface area contributed by atoms with E-state index in [9.17, 15) is 13.2 Å². The van der Waals surface area contributed by atoms with Gasteiger partial charge in [-0.3, -0.25) is 4.79 Å². The molecule has 112 valence electrons. The number of carbonyl (C=O) groups excluding carboxylic acids is 1. The minimum atomic E-state index is -3.60. The number of rotatable bonds is 7. The quantitative estimate of drug-likeness (QED) is 0.679. The van der Waals surface area contributed by atoms with Crippen molar-refractivity contribution < 1.29 is 13.2 Å². The molecule has 0 saturated heterocycles. The summed E-state index contributed by atoms with van der Waals surface area (Å²) in [6, 6.07) is 1.52. The van der Waals surface area contributed by atoms with Gasteiger partial charge in [0.1, 0.15) is 5.82 Å². The molecule has 0 atom stereocenters. The van der Waals surface area contributed by atoms with Crippen molar-refractivity contribution in [3.05, 3.63) is 22.8 Å². The first-order chi connectivity index (χ1) is 9.33. The summed E-state index contributed by atoms with van der Waals surface area (Å²) in [5.41, 5.74) is 0.231. The summed E-state index contributed by atoms with van der Waals surface area (Å²) in [5.74, 6) is -0.268. The van der Waals surface area contributed by atoms with Gasteiger partial charge in [0, 0.05) is 19.3 Å². The van der Waals surface area contributed by atoms with Crippen LogP contribution in [0.15, 0.2) is 12.3 Å². The first-order valence-electron chi connectivity index (χ1n) is 6.01. The van der Waals surface area contributed by atoms with E-state index in [0.717, 1.165) is 13.0 Å². The highest BCUT2D eigenvalue weighted by Gasteiger charge is 2.12. The van der Waals surface area contributed by atoms with E-state index < -0.39 is 15.9 Å². The number of aromatic nitrogens is 1. The fourth-order valence-electron chi connectivity index (χ4n) is 1.36. The number of hydrogen-bond acceptors (Lipinski definition) is 5. The molecule has 4 N–H and O–H groups in total. The lowest BCUT2D eigenvalue weighted by Crippen LogP contribution is -2.31. The second kappa shape index (κ2) is 7.41. The van der Waals surface area contributed by atoms with Crippen LogP contribution in [-0.2, 0) is 10.0 Å². The number of halogens is 1. The average Bonchev–Trinajstić information content (AvgIpc) is 2.36. The van der Waals surface area contributed by atoms with Crippen molar-refractivity contribution in [1.82, 2.24) is 10.3 Å². The van der Waals surface area contributed by atoms with E-state index in [4.69, 9.17) is 16.7 Å². The molecule has 0 bridgehead atoms. The fraction of sp³-hybridized carbons (Fsp3) is 0.455. The van der Waals surface area contributed by atoms with Crippen LogP contribution in [-0.4, -0.2) is 38.2 Å². The van der Waals surface area contributed by atoms with E-state index in [1.807, 2.05) is 6.92 Å². The van der Waals surface area contributed by atoms with Crippen LogP contribution in [0.4, 0.5) is 5.82 Å². The SMILES string of the molecule is CCCNc1cc(C(=O)NCCS(N)(=O)=O)c(Cl)cn1. The van der Waals surface area contributed by atoms with Crippen LogP contribution < -0.4 is 15.8 Å². The first kappa shape index (κ1) is 16.7. The van der Waals surface area contributed by atoms with E-state index in [1.54, 1.807) is 0 Å². The normalized spacial score (nSPS) is 11.2. The molecule has 1 rings (SSSR count). The Bertz CT molecular complexity index is 577. The highest BCUT2D eigenvalue weighted by atomic mass is 35.5. The van der Waals surface area contributed by atoms with Crippen LogP contribution in [0.2, 0.25) is 5.02 Å². The molecule has 0 aromatic carbocycles. The zero-order valence-corrected chi connectivity index (χ0v) is 12.6. The Morgan fingerprint density at radius 3 is 2.75 bits per heavy atom. The molecule has 1 amide bonds. The van der Waals surface area contributed by atoms with Crippen LogP contribution in [0, 0.1) is 0 Å². The van der Waals surface area contributed by atoms with Gasteiger partial charge in [0.2, 0.25) is 10.0 Å². The highest BCUT2D eigenvalue weighted by molar-refractivity contribution is 7.89. The molecule has 1 aromatic heterocycles. The predicted molar refractivity (Wildman–Crippen MR) is 78.3 cm³/mol. The number of carbonyl (C=O) groups is 1. The number of primary sulfonamides is 1. The smallest absolute Gasteiger partial charge is 0.253 e. The van der Waals surface area contributed by atoms with Gasteiger partial charge in [-0.15, -0.1) is 0 Å². The monoisotopic (exact) mass is 320 g/mol. The van der Waals surface area contributed by atoms with Crippen molar-refractivity contribution in [2.24, 2.45) is 5.14 Å². The van der Waals surface area contributed by atoms with E-state index in [2.05, 4.69) is 15.6 Å². The molecule has 1 aromatic rings. The summed E-state index contributed by atoms with van der Waals surface area (Å²) in [6.07, 6.45) is 2.29. The molecule has 0 unspecified atom stereocenters. The molecule has 20 heavy (non-hydrogen) atoms. The lowest BCUT2D eigenvalue weighted by molar-refractivity contribution is 0.0956. The molecule has 0 aliphatic rings. The Kier molecular flexibility index (Phi) is 6.18. The van der Waals surface area contributed by atoms with Crippen molar-refractivity contribution in [3.63, 3.8) is 0 Å². The molecule has 1 heterocycles. The Hall–Kier alpha value is -1.38. The maximum atomic E-state index is 11.9. The number of anilines is 1. The van der Waals surface area contributed by atoms with Crippen molar-refractivity contribution in [2.75, 3.05) is 24.2 Å². The predicted octanol–water partition coefficient (Wildman–Crippen LogP) is 0.575. The first-order valence-corrected chi connectivity index (χ1v) is 8.11. The Morgan fingerprint density at radius 1 is 1.45 bits per heavy atom. The zero-order valence-electron chi connectivity index (χ0n) is 11.0. The summed E-state index contributed by atoms with van der Waals surface area (Å²) in [6.45, 7) is 2.65. The number of nitrogens with zero attached hydrogens (tertiary/aromatic N) is 1. The molecular formula is C11H17ClN4O3S. The molecule has 0 aliphatic carbocycles. The van der Waals surface area contributed by atoms with Crippen molar-refractivity contribution in [2.45, 2.75) is 13.3 Å². The third-order valence-corrected chi connectivity index (χ3v) is 3.40. The molecule has 0 aliphatic heterocycles. The van der Waals surface area contributed by atoms with E-state index in [1.165, 1.54) is 12.3 Å². The fourth-order valence-corrected chi connectivity index (χ4v) is 1.94. The largest absolute Gasteiger partial charge is 0.370 e. The Labute approximate surface area is 123 Å². The summed E-state index contributed by atoms with van der Waals surface area (Å²) in [4.78, 5) is 15.9.